The number of hydrogen-bond acceptors (Lipinski definition) is 6. The second-order valence-electron chi connectivity index (χ2n) is 8.39. The summed E-state index contributed by atoms with van der Waals surface area (Å²) < 4.78 is 25.6. The number of para-hydroxylation sites is 2. The van der Waals surface area contributed by atoms with Gasteiger partial charge in [0.25, 0.3) is 5.91 Å². The first kappa shape index (κ1) is 21.0. The SMILES string of the molecule is Cc1cc(F)cc2c(NC3CCN(C(=O)C4COc5ccccc5O4)CC3)c(C#N)cnc12. The molecule has 1 amide bonds. The topological polar surface area (TPSA) is 87.5 Å². The van der Waals surface area contributed by atoms with E-state index in [2.05, 4.69) is 16.4 Å². The number of aryl methyl sites for hydroxylation is 1. The molecule has 1 fully saturated rings. The summed E-state index contributed by atoms with van der Waals surface area (Å²) in [6.45, 7) is 3.09. The summed E-state index contributed by atoms with van der Waals surface area (Å²) >= 11 is 0. The fourth-order valence-electron chi connectivity index (χ4n) is 4.47. The maximum Gasteiger partial charge on any atom is 0.267 e. The number of pyridine rings is 1. The van der Waals surface area contributed by atoms with Gasteiger partial charge in [-0.05, 0) is 49.6 Å². The number of fused-ring (bicyclic) bond motifs is 2. The molecule has 3 heterocycles. The van der Waals surface area contributed by atoms with Crippen molar-refractivity contribution in [2.24, 2.45) is 0 Å². The van der Waals surface area contributed by atoms with Crippen LogP contribution < -0.4 is 14.8 Å². The molecule has 33 heavy (non-hydrogen) atoms. The average molecular weight is 446 g/mol. The first-order chi connectivity index (χ1) is 16.0. The van der Waals surface area contributed by atoms with Gasteiger partial charge in [-0.1, -0.05) is 12.1 Å². The molecule has 168 valence electrons. The van der Waals surface area contributed by atoms with E-state index < -0.39 is 6.10 Å². The van der Waals surface area contributed by atoms with E-state index in [0.29, 0.717) is 65.1 Å². The monoisotopic (exact) mass is 446 g/mol. The molecular formula is C25H23FN4O3. The number of carbonyl (C=O) groups excluding carboxylic acids is 1. The molecule has 8 heteroatoms. The lowest BCUT2D eigenvalue weighted by Gasteiger charge is -2.36. The lowest BCUT2D eigenvalue weighted by molar-refractivity contribution is -0.142. The Bertz CT molecular complexity index is 1260. The van der Waals surface area contributed by atoms with E-state index in [0.717, 1.165) is 0 Å². The highest BCUT2D eigenvalue weighted by atomic mass is 19.1. The van der Waals surface area contributed by atoms with Gasteiger partial charge in [0.1, 0.15) is 18.5 Å². The van der Waals surface area contributed by atoms with Gasteiger partial charge in [-0.3, -0.25) is 9.78 Å². The first-order valence-corrected chi connectivity index (χ1v) is 11.0. The van der Waals surface area contributed by atoms with E-state index in [9.17, 15) is 14.4 Å². The van der Waals surface area contributed by atoms with Crippen molar-refractivity contribution < 1.29 is 18.7 Å². The van der Waals surface area contributed by atoms with E-state index in [-0.39, 0.29) is 24.4 Å². The van der Waals surface area contributed by atoms with Gasteiger partial charge in [0.05, 0.1) is 16.8 Å². The molecule has 1 atom stereocenters. The number of ether oxygens (including phenoxy) is 2. The van der Waals surface area contributed by atoms with Crippen LogP contribution in [0.15, 0.2) is 42.6 Å². The van der Waals surface area contributed by atoms with Crippen LogP contribution in [0.25, 0.3) is 10.9 Å². The highest BCUT2D eigenvalue weighted by Crippen LogP contribution is 2.33. The lowest BCUT2D eigenvalue weighted by Crippen LogP contribution is -2.50. The molecule has 3 aromatic rings. The van der Waals surface area contributed by atoms with Crippen molar-refractivity contribution in [3.8, 4) is 17.6 Å². The van der Waals surface area contributed by atoms with Gasteiger partial charge >= 0.3 is 0 Å². The van der Waals surface area contributed by atoms with Crippen LogP contribution in [0, 0.1) is 24.1 Å². The molecule has 1 aromatic heterocycles. The molecule has 2 aliphatic rings. The van der Waals surface area contributed by atoms with Crippen molar-refractivity contribution in [2.75, 3.05) is 25.0 Å². The van der Waals surface area contributed by atoms with Gasteiger partial charge in [-0.15, -0.1) is 0 Å². The summed E-state index contributed by atoms with van der Waals surface area (Å²) in [5.41, 5.74) is 2.35. The van der Waals surface area contributed by atoms with E-state index in [4.69, 9.17) is 9.47 Å². The Morgan fingerprint density at radius 3 is 2.76 bits per heavy atom. The Labute approximate surface area is 190 Å². The number of likely N-dealkylation sites (tertiary alicyclic amines) is 1. The predicted molar refractivity (Wildman–Crippen MR) is 121 cm³/mol. The zero-order chi connectivity index (χ0) is 22.9. The fraction of sp³-hybridized carbons (Fsp3) is 0.320. The van der Waals surface area contributed by atoms with Crippen LogP contribution in [0.4, 0.5) is 10.1 Å². The van der Waals surface area contributed by atoms with Crippen molar-refractivity contribution in [2.45, 2.75) is 31.9 Å². The van der Waals surface area contributed by atoms with Gasteiger partial charge in [0, 0.05) is 30.7 Å². The molecule has 5 rings (SSSR count). The number of nitrogens with zero attached hydrogens (tertiary/aromatic N) is 3. The lowest BCUT2D eigenvalue weighted by atomic mass is 10.0. The second kappa shape index (κ2) is 8.58. The van der Waals surface area contributed by atoms with Gasteiger partial charge in [0.15, 0.2) is 11.5 Å². The molecule has 0 bridgehead atoms. The van der Waals surface area contributed by atoms with Gasteiger partial charge < -0.3 is 19.7 Å². The minimum Gasteiger partial charge on any atom is -0.485 e. The Kier molecular flexibility index (Phi) is 5.47. The van der Waals surface area contributed by atoms with E-state index in [1.54, 1.807) is 17.9 Å². The molecule has 1 unspecified atom stereocenters. The van der Waals surface area contributed by atoms with Crippen molar-refractivity contribution in [3.63, 3.8) is 0 Å². The standard InChI is InChI=1S/C25H23FN4O3/c1-15-10-17(26)11-19-23(15)28-13-16(12-27)24(19)29-18-6-8-30(9-7-18)25(31)22-14-32-20-4-2-3-5-21(20)33-22/h2-5,10-11,13,18,22H,6-9,14H2,1H3,(H,28,29). The largest absolute Gasteiger partial charge is 0.485 e. The summed E-state index contributed by atoms with van der Waals surface area (Å²) in [6.07, 6.45) is 2.24. The van der Waals surface area contributed by atoms with Gasteiger partial charge in [-0.2, -0.15) is 5.26 Å². The van der Waals surface area contributed by atoms with E-state index in [1.165, 1.54) is 18.3 Å². The summed E-state index contributed by atoms with van der Waals surface area (Å²) in [6, 6.07) is 12.4. The summed E-state index contributed by atoms with van der Waals surface area (Å²) in [5.74, 6) is 0.771. The number of nitrogens with one attached hydrogen (secondary N) is 1. The molecule has 0 aliphatic carbocycles. The zero-order valence-electron chi connectivity index (χ0n) is 18.2. The number of rotatable bonds is 3. The molecule has 0 spiro atoms. The number of amides is 1. The van der Waals surface area contributed by atoms with Crippen LogP contribution in [-0.4, -0.2) is 47.6 Å². The third-order valence-corrected chi connectivity index (χ3v) is 6.19. The van der Waals surface area contributed by atoms with Gasteiger partial charge in [0.2, 0.25) is 6.10 Å². The Morgan fingerprint density at radius 2 is 2.00 bits per heavy atom. The molecule has 2 aromatic carbocycles. The maximum absolute atomic E-state index is 14.1. The molecule has 2 aliphatic heterocycles. The van der Waals surface area contributed by atoms with E-state index >= 15 is 0 Å². The number of carbonyl (C=O) groups is 1. The highest BCUT2D eigenvalue weighted by Gasteiger charge is 2.33. The van der Waals surface area contributed by atoms with Crippen molar-refractivity contribution in [1.82, 2.24) is 9.88 Å². The van der Waals surface area contributed by atoms with Crippen LogP contribution >= 0.6 is 0 Å². The number of anilines is 1. The Balaban J connectivity index is 1.27. The summed E-state index contributed by atoms with van der Waals surface area (Å²) in [5, 5.41) is 13.6. The molecule has 1 N–H and O–H groups in total. The van der Waals surface area contributed by atoms with E-state index in [1.807, 2.05) is 18.2 Å². The minimum absolute atomic E-state index is 0.0413. The fourth-order valence-corrected chi connectivity index (χ4v) is 4.47. The van der Waals surface area contributed by atoms with Crippen LogP contribution in [0.3, 0.4) is 0 Å². The molecule has 7 nitrogen and oxygen atoms in total. The van der Waals surface area contributed by atoms with Crippen molar-refractivity contribution >= 4 is 22.5 Å². The third kappa shape index (κ3) is 4.02. The number of halogens is 1. The minimum atomic E-state index is -0.662. The smallest absolute Gasteiger partial charge is 0.267 e. The Morgan fingerprint density at radius 1 is 1.24 bits per heavy atom. The normalized spacial score (nSPS) is 18.1. The number of benzene rings is 2. The second-order valence-corrected chi connectivity index (χ2v) is 8.39. The van der Waals surface area contributed by atoms with Crippen LogP contribution in [0.5, 0.6) is 11.5 Å². The summed E-state index contributed by atoms with van der Waals surface area (Å²) in [7, 11) is 0. The quantitative estimate of drug-likeness (QED) is 0.659. The van der Waals surface area contributed by atoms with Crippen molar-refractivity contribution in [1.29, 1.82) is 5.26 Å². The van der Waals surface area contributed by atoms with Crippen LogP contribution in [0.1, 0.15) is 24.0 Å². The van der Waals surface area contributed by atoms with Gasteiger partial charge in [-0.25, -0.2) is 4.39 Å². The number of aromatic nitrogens is 1. The molecule has 0 radical (unpaired) electrons. The van der Waals surface area contributed by atoms with Crippen LogP contribution in [0.2, 0.25) is 0 Å². The maximum atomic E-state index is 14.1. The highest BCUT2D eigenvalue weighted by molar-refractivity contribution is 5.95. The van der Waals surface area contributed by atoms with Crippen molar-refractivity contribution in [3.05, 3.63) is 59.5 Å². The number of hydrogen-bond donors (Lipinski definition) is 1. The summed E-state index contributed by atoms with van der Waals surface area (Å²) in [4.78, 5) is 19.1. The third-order valence-electron chi connectivity index (χ3n) is 6.19. The van der Waals surface area contributed by atoms with Crippen LogP contribution in [-0.2, 0) is 4.79 Å². The predicted octanol–water partition coefficient (Wildman–Crippen LogP) is 3.80. The number of piperidine rings is 1. The first-order valence-electron chi connectivity index (χ1n) is 11.0. The number of nitriles is 1. The molecular weight excluding hydrogens is 423 g/mol. The molecule has 0 saturated carbocycles. The average Bonchev–Trinajstić information content (AvgIpc) is 2.84. The molecule has 1 saturated heterocycles. The zero-order valence-corrected chi connectivity index (χ0v) is 18.2. The Hall–Kier alpha value is -3.86.